The van der Waals surface area contributed by atoms with Gasteiger partial charge < -0.3 is 33.9 Å². The third kappa shape index (κ3) is 2.35. The lowest BCUT2D eigenvalue weighted by Crippen LogP contribution is -2.68. The predicted octanol–water partition coefficient (Wildman–Crippen LogP) is 3.45. The van der Waals surface area contributed by atoms with Crippen molar-refractivity contribution in [2.24, 2.45) is 0 Å². The van der Waals surface area contributed by atoms with Gasteiger partial charge in [-0.05, 0) is 43.9 Å². The summed E-state index contributed by atoms with van der Waals surface area (Å²) in [5.41, 5.74) is 1.37. The summed E-state index contributed by atoms with van der Waals surface area (Å²) in [6, 6.07) is 1.94. The number of Topliss-reactive ketones (excluding diaryl/α,β-unsaturated/α-hetero) is 1. The number of aromatic hydroxyl groups is 1. The minimum Gasteiger partial charge on any atom is -0.506 e. The first kappa shape index (κ1) is 22.5. The minimum atomic E-state index is -1.81. The van der Waals surface area contributed by atoms with Crippen molar-refractivity contribution < 1.29 is 38.7 Å². The van der Waals surface area contributed by atoms with E-state index in [9.17, 15) is 15.0 Å². The molecule has 0 amide bonds. The molecular formula is C25H26O8S2. The minimum absolute atomic E-state index is 0.126. The number of phenolic OH excluding ortho intramolecular Hbond substituents is 1. The van der Waals surface area contributed by atoms with Crippen LogP contribution in [0.2, 0.25) is 0 Å². The second kappa shape index (κ2) is 6.99. The fourth-order valence-electron chi connectivity index (χ4n) is 6.72. The molecule has 8 nitrogen and oxygen atoms in total. The third-order valence-electron chi connectivity index (χ3n) is 8.25. The summed E-state index contributed by atoms with van der Waals surface area (Å²) >= 11 is 3.16. The lowest BCUT2D eigenvalue weighted by molar-refractivity contribution is -0.274. The number of carbonyl (C=O) groups excluding carboxylic acids is 1. The van der Waals surface area contributed by atoms with E-state index in [1.54, 1.807) is 30.6 Å². The fraction of sp³-hybridized carbons (Fsp3) is 0.560. The van der Waals surface area contributed by atoms with Crippen molar-refractivity contribution in [1.29, 1.82) is 0 Å². The van der Waals surface area contributed by atoms with Crippen LogP contribution in [0, 0.1) is 6.92 Å². The van der Waals surface area contributed by atoms with Crippen LogP contribution in [0.25, 0.3) is 10.8 Å². The second-order valence-electron chi connectivity index (χ2n) is 9.83. The normalized spacial score (nSPS) is 36.0. The van der Waals surface area contributed by atoms with E-state index in [-0.39, 0.29) is 28.3 Å². The quantitative estimate of drug-likeness (QED) is 0.462. The van der Waals surface area contributed by atoms with Gasteiger partial charge in [-0.1, -0.05) is 0 Å². The molecule has 1 spiro atoms. The summed E-state index contributed by atoms with van der Waals surface area (Å²) in [4.78, 5) is 12.9. The van der Waals surface area contributed by atoms with Gasteiger partial charge in [-0.15, -0.1) is 23.5 Å². The first-order valence-corrected chi connectivity index (χ1v) is 14.2. The fourth-order valence-corrected chi connectivity index (χ4v) is 8.71. The number of rotatable bonds is 4. The highest BCUT2D eigenvalue weighted by atomic mass is 32.2. The van der Waals surface area contributed by atoms with Crippen LogP contribution in [0.1, 0.15) is 46.0 Å². The summed E-state index contributed by atoms with van der Waals surface area (Å²) in [7, 11) is 1.57. The van der Waals surface area contributed by atoms with Crippen LogP contribution in [0.4, 0.5) is 0 Å². The van der Waals surface area contributed by atoms with E-state index in [4.69, 9.17) is 23.7 Å². The van der Waals surface area contributed by atoms with E-state index in [1.165, 1.54) is 0 Å². The first-order chi connectivity index (χ1) is 16.8. The Kier molecular flexibility index (Phi) is 4.49. The Morgan fingerprint density at radius 1 is 1.23 bits per heavy atom. The lowest BCUT2D eigenvalue weighted by atomic mass is 9.78. The Morgan fingerprint density at radius 2 is 1.97 bits per heavy atom. The lowest BCUT2D eigenvalue weighted by Gasteiger charge is -2.47. The predicted molar refractivity (Wildman–Crippen MR) is 131 cm³/mol. The molecule has 2 bridgehead atoms. The molecule has 186 valence electrons. The highest BCUT2D eigenvalue weighted by Gasteiger charge is 2.91. The number of methoxy groups -OCH3 is 1. The zero-order valence-corrected chi connectivity index (χ0v) is 21.4. The van der Waals surface area contributed by atoms with Gasteiger partial charge in [-0.2, -0.15) is 0 Å². The molecule has 3 fully saturated rings. The van der Waals surface area contributed by atoms with Gasteiger partial charge in [-0.25, -0.2) is 0 Å². The Balaban J connectivity index is 1.53. The smallest absolute Gasteiger partial charge is 0.274 e. The summed E-state index contributed by atoms with van der Waals surface area (Å²) in [5, 5.41) is 24.5. The summed E-state index contributed by atoms with van der Waals surface area (Å²) in [6.45, 7) is 2.17. The maximum absolute atomic E-state index is 12.9. The number of hydrogen-bond acceptors (Lipinski definition) is 10. The number of phenols is 1. The Hall–Kier alpha value is -1.69. The number of ketones is 1. The third-order valence-corrected chi connectivity index (χ3v) is 10.9. The van der Waals surface area contributed by atoms with Crippen molar-refractivity contribution in [2.45, 2.75) is 60.2 Å². The van der Waals surface area contributed by atoms with Crippen LogP contribution < -0.4 is 9.47 Å². The molecule has 2 aromatic rings. The highest BCUT2D eigenvalue weighted by molar-refractivity contribution is 8.16. The molecule has 5 atom stereocenters. The molecule has 2 aromatic carbocycles. The standard InChI is InChI=1S/C25H26O8S2/c1-10-8-12-16(17(27)15-11(18(12)29-2)6-5-7-13(15)26)19-14(10)20-21-24(28,31-19)23(9-30-23)25(32-20,33-21)22(34-3)35-4/h8,20-22,27-28H,5-7,9H2,1-4H3/t20?,21?,23-,24+,25?/m0/s1. The van der Waals surface area contributed by atoms with Crippen LogP contribution in [-0.2, 0) is 20.6 Å². The van der Waals surface area contributed by atoms with Gasteiger partial charge in [0.15, 0.2) is 11.9 Å². The number of fused-ring (bicyclic) bond motifs is 8. The van der Waals surface area contributed by atoms with Crippen molar-refractivity contribution >= 4 is 40.1 Å². The average molecular weight is 519 g/mol. The molecule has 3 unspecified atom stereocenters. The van der Waals surface area contributed by atoms with E-state index < -0.39 is 29.4 Å². The van der Waals surface area contributed by atoms with Crippen LogP contribution in [0.5, 0.6) is 17.2 Å². The Bertz CT molecular complexity index is 1320. The maximum Gasteiger partial charge on any atom is 0.274 e. The SMILES string of the molecule is COc1c2c(c(O)c3c4c(c(C)cc13)C1OC3(C(SC)SC)OC1[C@@](O)(O4)[C@@]31CO1)C(=O)CCC2. The molecule has 35 heavy (non-hydrogen) atoms. The van der Waals surface area contributed by atoms with Crippen molar-refractivity contribution in [2.75, 3.05) is 26.2 Å². The number of carbonyl (C=O) groups is 1. The average Bonchev–Trinajstić information content (AvgIpc) is 3.51. The second-order valence-corrected chi connectivity index (χ2v) is 12.0. The molecular weight excluding hydrogens is 492 g/mol. The van der Waals surface area contributed by atoms with Crippen molar-refractivity contribution in [3.8, 4) is 17.2 Å². The van der Waals surface area contributed by atoms with Gasteiger partial charge in [-0.3, -0.25) is 4.79 Å². The molecule has 4 heterocycles. The molecule has 10 heteroatoms. The molecule has 3 saturated heterocycles. The van der Waals surface area contributed by atoms with E-state index >= 15 is 0 Å². The molecule has 7 rings (SSSR count). The molecule has 0 saturated carbocycles. The van der Waals surface area contributed by atoms with E-state index in [2.05, 4.69) is 0 Å². The monoisotopic (exact) mass is 518 g/mol. The number of epoxide rings is 1. The molecule has 1 aliphatic carbocycles. The maximum atomic E-state index is 12.9. The van der Waals surface area contributed by atoms with Gasteiger partial charge in [0.25, 0.3) is 5.79 Å². The number of thioether (sulfide) groups is 2. The van der Waals surface area contributed by atoms with Crippen molar-refractivity contribution in [3.63, 3.8) is 0 Å². The van der Waals surface area contributed by atoms with Crippen molar-refractivity contribution in [3.05, 3.63) is 28.3 Å². The molecule has 5 aliphatic rings. The van der Waals surface area contributed by atoms with Gasteiger partial charge in [0, 0.05) is 22.9 Å². The Labute approximate surface area is 210 Å². The van der Waals surface area contributed by atoms with Crippen LogP contribution >= 0.6 is 23.5 Å². The number of hydrogen-bond donors (Lipinski definition) is 2. The molecule has 0 aromatic heterocycles. The van der Waals surface area contributed by atoms with Gasteiger partial charge in [0.2, 0.25) is 11.4 Å². The van der Waals surface area contributed by atoms with Crippen LogP contribution in [-0.4, -0.2) is 70.1 Å². The zero-order valence-electron chi connectivity index (χ0n) is 19.8. The summed E-state index contributed by atoms with van der Waals surface area (Å²) < 4.78 is 31.1. The highest BCUT2D eigenvalue weighted by Crippen LogP contribution is 2.72. The first-order valence-electron chi connectivity index (χ1n) is 11.7. The number of aliphatic hydroxyl groups is 1. The molecule has 2 N–H and O–H groups in total. The number of ether oxygens (including phenoxy) is 5. The summed E-state index contributed by atoms with van der Waals surface area (Å²) in [6.07, 6.45) is 4.24. The Morgan fingerprint density at radius 3 is 2.63 bits per heavy atom. The molecule has 0 radical (unpaired) electrons. The zero-order chi connectivity index (χ0) is 24.5. The van der Waals surface area contributed by atoms with Crippen LogP contribution in [0.3, 0.4) is 0 Å². The number of benzene rings is 2. The van der Waals surface area contributed by atoms with Crippen molar-refractivity contribution in [1.82, 2.24) is 0 Å². The van der Waals surface area contributed by atoms with Gasteiger partial charge in [0.1, 0.15) is 27.9 Å². The summed E-state index contributed by atoms with van der Waals surface area (Å²) in [5.74, 6) is -2.41. The van der Waals surface area contributed by atoms with Gasteiger partial charge in [0.05, 0.1) is 24.7 Å². The van der Waals surface area contributed by atoms with E-state index in [0.29, 0.717) is 52.7 Å². The molecule has 4 aliphatic heterocycles. The topological polar surface area (TPSA) is 107 Å². The van der Waals surface area contributed by atoms with Gasteiger partial charge >= 0.3 is 0 Å². The van der Waals surface area contributed by atoms with E-state index in [1.807, 2.05) is 25.5 Å². The largest absolute Gasteiger partial charge is 0.506 e. The van der Waals surface area contributed by atoms with E-state index in [0.717, 1.165) is 5.56 Å². The van der Waals surface area contributed by atoms with Crippen LogP contribution in [0.15, 0.2) is 6.07 Å². The number of aryl methyl sites for hydroxylation is 1.